The number of pyridine rings is 1. The molecule has 0 spiro atoms. The molecule has 1 aromatic carbocycles. The average molecular weight is 405 g/mol. The van der Waals surface area contributed by atoms with Crippen LogP contribution >= 0.6 is 0 Å². The van der Waals surface area contributed by atoms with E-state index >= 15 is 8.78 Å². The molecule has 3 heterocycles. The first-order chi connectivity index (χ1) is 13.8. The quantitative estimate of drug-likeness (QED) is 0.764. The van der Waals surface area contributed by atoms with Gasteiger partial charge in [0.1, 0.15) is 11.5 Å². The summed E-state index contributed by atoms with van der Waals surface area (Å²) in [4.78, 5) is 25.4. The molecule has 1 aromatic heterocycles. The molecule has 2 N–H and O–H groups in total. The number of rotatable bonds is 3. The van der Waals surface area contributed by atoms with Crippen LogP contribution in [-0.2, 0) is 0 Å². The third-order valence-corrected chi connectivity index (χ3v) is 6.55. The number of carbonyl (C=O) groups is 1. The zero-order valence-corrected chi connectivity index (χ0v) is 15.9. The minimum Gasteiger partial charge on any atom is -0.449 e. The van der Waals surface area contributed by atoms with Crippen LogP contribution < -0.4 is 20.4 Å². The Hall–Kier alpha value is -2.68. The summed E-state index contributed by atoms with van der Waals surface area (Å²) in [6, 6.07) is 0.917. The number of nitrogens with one attached hydrogen (secondary N) is 1. The van der Waals surface area contributed by atoms with Crippen LogP contribution in [0.3, 0.4) is 0 Å². The van der Waals surface area contributed by atoms with Crippen molar-refractivity contribution in [1.29, 1.82) is 0 Å². The lowest BCUT2D eigenvalue weighted by molar-refractivity contribution is 0.143. The van der Waals surface area contributed by atoms with Crippen LogP contribution in [-0.4, -0.2) is 41.5 Å². The molecule has 9 heteroatoms. The molecule has 0 amide bonds. The zero-order chi connectivity index (χ0) is 20.5. The SMILES string of the molecule is CC12CCN(c3c(F)cc4c(=O)c(OC(=O)O)cn(C5CC5)c4c3F)C1CNC2. The van der Waals surface area contributed by atoms with Gasteiger partial charge in [-0.2, -0.15) is 0 Å². The van der Waals surface area contributed by atoms with Crippen LogP contribution in [0.15, 0.2) is 17.1 Å². The van der Waals surface area contributed by atoms with Gasteiger partial charge in [0, 0.05) is 37.1 Å². The molecule has 2 unspecified atom stereocenters. The highest BCUT2D eigenvalue weighted by Gasteiger charge is 2.48. The number of carboxylic acid groups (broad SMARTS) is 1. The zero-order valence-electron chi connectivity index (χ0n) is 15.9. The average Bonchev–Trinajstić information content (AvgIpc) is 3.35. The third kappa shape index (κ3) is 2.71. The maximum absolute atomic E-state index is 15.8. The fourth-order valence-electron chi connectivity index (χ4n) is 4.88. The minimum absolute atomic E-state index is 0.00574. The van der Waals surface area contributed by atoms with Gasteiger partial charge in [-0.3, -0.25) is 4.79 Å². The van der Waals surface area contributed by atoms with Crippen LogP contribution in [0.2, 0.25) is 0 Å². The maximum atomic E-state index is 15.8. The molecular weight excluding hydrogens is 384 g/mol. The van der Waals surface area contributed by atoms with E-state index in [2.05, 4.69) is 17.0 Å². The Kier molecular flexibility index (Phi) is 3.90. The van der Waals surface area contributed by atoms with Crippen molar-refractivity contribution >= 4 is 22.7 Å². The van der Waals surface area contributed by atoms with E-state index < -0.39 is 29.0 Å². The van der Waals surface area contributed by atoms with Crippen molar-refractivity contribution in [3.05, 3.63) is 34.1 Å². The smallest absolute Gasteiger partial charge is 0.449 e. The van der Waals surface area contributed by atoms with Crippen LogP contribution in [0.4, 0.5) is 19.3 Å². The molecule has 29 heavy (non-hydrogen) atoms. The maximum Gasteiger partial charge on any atom is 0.511 e. The molecule has 2 atom stereocenters. The fourth-order valence-corrected chi connectivity index (χ4v) is 4.88. The summed E-state index contributed by atoms with van der Waals surface area (Å²) in [6.07, 6.45) is 1.94. The Morgan fingerprint density at radius 1 is 1.38 bits per heavy atom. The standard InChI is InChI=1S/C20H21F2N3O4/c1-20-4-5-24(14(20)7-23-9-20)17-12(21)6-11-16(15(17)22)25(10-2-3-10)8-13(18(11)26)29-19(27)28/h6,8,10,14,23H,2-5,7,9H2,1H3,(H,27,28). The normalized spacial score (nSPS) is 26.2. The van der Waals surface area contributed by atoms with Crippen molar-refractivity contribution in [1.82, 2.24) is 9.88 Å². The summed E-state index contributed by atoms with van der Waals surface area (Å²) in [5.41, 5.74) is -0.998. The number of nitrogens with zero attached hydrogens (tertiary/aromatic N) is 2. The topological polar surface area (TPSA) is 83.8 Å². The third-order valence-electron chi connectivity index (χ3n) is 6.55. The summed E-state index contributed by atoms with van der Waals surface area (Å²) in [5.74, 6) is -2.04. The van der Waals surface area contributed by atoms with Gasteiger partial charge in [0.15, 0.2) is 11.6 Å². The molecule has 2 aromatic rings. The van der Waals surface area contributed by atoms with Gasteiger partial charge in [-0.05, 0) is 25.3 Å². The molecule has 2 aliphatic heterocycles. The van der Waals surface area contributed by atoms with Gasteiger partial charge in [0.05, 0.1) is 17.1 Å². The molecule has 0 radical (unpaired) electrons. The number of aromatic nitrogens is 1. The fraction of sp³-hybridized carbons (Fsp3) is 0.500. The van der Waals surface area contributed by atoms with Crippen molar-refractivity contribution in [2.24, 2.45) is 5.41 Å². The summed E-state index contributed by atoms with van der Waals surface area (Å²) >= 11 is 0. The largest absolute Gasteiger partial charge is 0.511 e. The monoisotopic (exact) mass is 405 g/mol. The van der Waals surface area contributed by atoms with Crippen molar-refractivity contribution < 1.29 is 23.4 Å². The number of benzene rings is 1. The Morgan fingerprint density at radius 3 is 2.83 bits per heavy atom. The lowest BCUT2D eigenvalue weighted by Gasteiger charge is -2.30. The first-order valence-corrected chi connectivity index (χ1v) is 9.75. The molecule has 7 nitrogen and oxygen atoms in total. The predicted molar refractivity (Wildman–Crippen MR) is 102 cm³/mol. The van der Waals surface area contributed by atoms with Crippen LogP contribution in [0.5, 0.6) is 5.75 Å². The Labute approximate surface area is 164 Å². The highest BCUT2D eigenvalue weighted by Crippen LogP contribution is 2.45. The van der Waals surface area contributed by atoms with Crippen molar-refractivity contribution in [3.63, 3.8) is 0 Å². The van der Waals surface area contributed by atoms with E-state index in [1.165, 1.54) is 10.8 Å². The van der Waals surface area contributed by atoms with Gasteiger partial charge in [-0.1, -0.05) is 6.92 Å². The second-order valence-electron chi connectivity index (χ2n) is 8.49. The molecule has 1 aliphatic carbocycles. The van der Waals surface area contributed by atoms with E-state index in [4.69, 9.17) is 5.11 Å². The summed E-state index contributed by atoms with van der Waals surface area (Å²) in [5, 5.41) is 12.0. The molecule has 154 valence electrons. The number of anilines is 1. The highest BCUT2D eigenvalue weighted by molar-refractivity contribution is 5.86. The molecule has 5 rings (SSSR count). The minimum atomic E-state index is -1.65. The lowest BCUT2D eigenvalue weighted by atomic mass is 9.85. The lowest BCUT2D eigenvalue weighted by Crippen LogP contribution is -2.38. The van der Waals surface area contributed by atoms with Crippen molar-refractivity contribution in [2.45, 2.75) is 38.3 Å². The van der Waals surface area contributed by atoms with E-state index in [9.17, 15) is 9.59 Å². The Morgan fingerprint density at radius 2 is 2.14 bits per heavy atom. The predicted octanol–water partition coefficient (Wildman–Crippen LogP) is 2.86. The first kappa shape index (κ1) is 18.4. The van der Waals surface area contributed by atoms with E-state index in [0.717, 1.165) is 31.9 Å². The molecule has 0 bridgehead atoms. The second-order valence-corrected chi connectivity index (χ2v) is 8.49. The Balaban J connectivity index is 1.73. The summed E-state index contributed by atoms with van der Waals surface area (Å²) < 4.78 is 37.0. The molecule has 3 aliphatic rings. The first-order valence-electron chi connectivity index (χ1n) is 9.75. The second kappa shape index (κ2) is 6.16. The van der Waals surface area contributed by atoms with E-state index in [0.29, 0.717) is 13.1 Å². The van der Waals surface area contributed by atoms with Crippen LogP contribution in [0.25, 0.3) is 10.9 Å². The number of fused-ring (bicyclic) bond motifs is 2. The van der Waals surface area contributed by atoms with Crippen molar-refractivity contribution in [3.8, 4) is 5.75 Å². The van der Waals surface area contributed by atoms with Gasteiger partial charge < -0.3 is 24.6 Å². The summed E-state index contributed by atoms with van der Waals surface area (Å²) in [7, 11) is 0. The summed E-state index contributed by atoms with van der Waals surface area (Å²) in [6.45, 7) is 4.10. The van der Waals surface area contributed by atoms with E-state index in [-0.39, 0.29) is 34.1 Å². The number of halogens is 2. The Bertz CT molecular complexity index is 1100. The van der Waals surface area contributed by atoms with Crippen molar-refractivity contribution in [2.75, 3.05) is 24.5 Å². The van der Waals surface area contributed by atoms with Crippen LogP contribution in [0, 0.1) is 17.0 Å². The van der Waals surface area contributed by atoms with Gasteiger partial charge >= 0.3 is 6.16 Å². The van der Waals surface area contributed by atoms with E-state index in [1.807, 2.05) is 0 Å². The van der Waals surface area contributed by atoms with Gasteiger partial charge in [-0.15, -0.1) is 0 Å². The number of ether oxygens (including phenoxy) is 1. The molecule has 2 saturated heterocycles. The van der Waals surface area contributed by atoms with E-state index in [1.54, 1.807) is 4.90 Å². The van der Waals surface area contributed by atoms with Crippen LogP contribution in [0.1, 0.15) is 32.2 Å². The van der Waals surface area contributed by atoms with Gasteiger partial charge in [-0.25, -0.2) is 13.6 Å². The molecular formula is C20H21F2N3O4. The molecule has 3 fully saturated rings. The van der Waals surface area contributed by atoms with Gasteiger partial charge in [0.25, 0.3) is 0 Å². The molecule has 1 saturated carbocycles. The highest BCUT2D eigenvalue weighted by atomic mass is 19.1. The number of hydrogen-bond acceptors (Lipinski definition) is 5. The van der Waals surface area contributed by atoms with Gasteiger partial charge in [0.2, 0.25) is 5.43 Å². The number of hydrogen-bond donors (Lipinski definition) is 2.